The predicted molar refractivity (Wildman–Crippen MR) is 125 cm³/mol. The van der Waals surface area contributed by atoms with E-state index in [1.807, 2.05) is 0 Å². The average Bonchev–Trinajstić information content (AvgIpc) is 2.56. The lowest BCUT2D eigenvalue weighted by molar-refractivity contribution is -0.0566. The molecule has 28 heavy (non-hydrogen) atoms. The summed E-state index contributed by atoms with van der Waals surface area (Å²) in [4.78, 5) is 0. The van der Waals surface area contributed by atoms with Crippen LogP contribution in [0.25, 0.3) is 0 Å². The molecule has 0 aromatic rings. The van der Waals surface area contributed by atoms with Crippen LogP contribution in [0.2, 0.25) is 18.1 Å². The van der Waals surface area contributed by atoms with Gasteiger partial charge < -0.3 is 4.43 Å². The first-order valence-electron chi connectivity index (χ1n) is 11.9. The van der Waals surface area contributed by atoms with E-state index in [2.05, 4.69) is 66.4 Å². The summed E-state index contributed by atoms with van der Waals surface area (Å²) in [7, 11) is -1.79. The number of hydrogen-bond acceptors (Lipinski definition) is 1. The standard InChI is InChI=1S/C26H46OSi/c1-9-19(2)24(27-28(7,8)25(4,5)6)20(3)11-10-12-26-16-21-13-22(17-26)15-23(14-21)18-26/h9,11,19,21-24H,1,10,12-18H2,2-8H3/b20-11+/t19-,21?,22?,23?,24-,26?/m1/s1. The van der Waals surface area contributed by atoms with Gasteiger partial charge in [-0.05, 0) is 105 Å². The Morgan fingerprint density at radius 2 is 1.61 bits per heavy atom. The van der Waals surface area contributed by atoms with E-state index in [4.69, 9.17) is 4.43 Å². The summed E-state index contributed by atoms with van der Waals surface area (Å²) in [5.41, 5.74) is 2.12. The average molecular weight is 403 g/mol. The van der Waals surface area contributed by atoms with E-state index in [-0.39, 0.29) is 11.1 Å². The largest absolute Gasteiger partial charge is 0.410 e. The van der Waals surface area contributed by atoms with Crippen molar-refractivity contribution in [2.75, 3.05) is 0 Å². The molecule has 0 heterocycles. The Morgan fingerprint density at radius 1 is 1.11 bits per heavy atom. The molecule has 4 bridgehead atoms. The van der Waals surface area contributed by atoms with Gasteiger partial charge in [-0.25, -0.2) is 0 Å². The maximum absolute atomic E-state index is 6.86. The minimum absolute atomic E-state index is 0.190. The van der Waals surface area contributed by atoms with Gasteiger partial charge in [-0.2, -0.15) is 0 Å². The minimum Gasteiger partial charge on any atom is -0.410 e. The molecule has 0 amide bonds. The molecule has 0 spiro atoms. The lowest BCUT2D eigenvalue weighted by Crippen LogP contribution is -2.46. The fourth-order valence-electron chi connectivity index (χ4n) is 6.55. The molecule has 4 aliphatic carbocycles. The Balaban J connectivity index is 1.65. The summed E-state index contributed by atoms with van der Waals surface area (Å²) in [6.45, 7) is 20.4. The van der Waals surface area contributed by atoms with E-state index in [0.29, 0.717) is 11.3 Å². The number of hydrogen-bond donors (Lipinski definition) is 0. The molecule has 0 aliphatic heterocycles. The molecular weight excluding hydrogens is 356 g/mol. The van der Waals surface area contributed by atoms with Crippen molar-refractivity contribution in [3.05, 3.63) is 24.3 Å². The van der Waals surface area contributed by atoms with E-state index < -0.39 is 8.32 Å². The van der Waals surface area contributed by atoms with Gasteiger partial charge in [0.2, 0.25) is 0 Å². The highest BCUT2D eigenvalue weighted by Crippen LogP contribution is 2.61. The summed E-state index contributed by atoms with van der Waals surface area (Å²) in [6.07, 6.45) is 16.7. The minimum atomic E-state index is -1.79. The van der Waals surface area contributed by atoms with Crippen LogP contribution in [0, 0.1) is 29.1 Å². The Labute approximate surface area is 176 Å². The molecule has 0 saturated heterocycles. The quantitative estimate of drug-likeness (QED) is 0.294. The lowest BCUT2D eigenvalue weighted by atomic mass is 9.48. The summed E-state index contributed by atoms with van der Waals surface area (Å²) in [5.74, 6) is 3.55. The molecule has 0 N–H and O–H groups in total. The smallest absolute Gasteiger partial charge is 0.192 e. The molecule has 4 fully saturated rings. The third kappa shape index (κ3) is 4.69. The molecule has 0 unspecified atom stereocenters. The molecule has 4 aliphatic rings. The van der Waals surface area contributed by atoms with E-state index >= 15 is 0 Å². The number of allylic oxidation sites excluding steroid dienone is 1. The van der Waals surface area contributed by atoms with Gasteiger partial charge in [-0.3, -0.25) is 0 Å². The predicted octanol–water partition coefficient (Wildman–Crippen LogP) is 8.14. The fourth-order valence-corrected chi connectivity index (χ4v) is 7.94. The third-order valence-corrected chi connectivity index (χ3v) is 13.3. The van der Waals surface area contributed by atoms with Crippen LogP contribution >= 0.6 is 0 Å². The molecule has 2 heteroatoms. The summed E-state index contributed by atoms with van der Waals surface area (Å²) < 4.78 is 6.86. The van der Waals surface area contributed by atoms with Crippen molar-refractivity contribution < 1.29 is 4.43 Å². The summed E-state index contributed by atoms with van der Waals surface area (Å²) in [6, 6.07) is 0. The van der Waals surface area contributed by atoms with Gasteiger partial charge in [-0.15, -0.1) is 6.58 Å². The molecule has 160 valence electrons. The zero-order valence-corrected chi connectivity index (χ0v) is 20.8. The second kappa shape index (κ2) is 8.06. The third-order valence-electron chi connectivity index (χ3n) is 8.83. The van der Waals surface area contributed by atoms with Crippen molar-refractivity contribution >= 4 is 8.32 Å². The van der Waals surface area contributed by atoms with Crippen molar-refractivity contribution in [3.8, 4) is 0 Å². The normalized spacial score (nSPS) is 35.1. The molecule has 0 radical (unpaired) electrons. The highest BCUT2D eigenvalue weighted by molar-refractivity contribution is 6.74. The zero-order chi connectivity index (χ0) is 20.7. The van der Waals surface area contributed by atoms with Crippen LogP contribution in [-0.2, 0) is 4.43 Å². The second-order valence-corrected chi connectivity index (χ2v) is 17.1. The van der Waals surface area contributed by atoms with Crippen LogP contribution in [0.5, 0.6) is 0 Å². The van der Waals surface area contributed by atoms with Crippen LogP contribution in [0.15, 0.2) is 24.3 Å². The highest BCUT2D eigenvalue weighted by atomic mass is 28.4. The molecular formula is C26H46OSi. The molecule has 4 rings (SSSR count). The van der Waals surface area contributed by atoms with E-state index in [9.17, 15) is 0 Å². The van der Waals surface area contributed by atoms with Crippen LogP contribution < -0.4 is 0 Å². The van der Waals surface area contributed by atoms with Crippen LogP contribution in [0.4, 0.5) is 0 Å². The monoisotopic (exact) mass is 402 g/mol. The van der Waals surface area contributed by atoms with Crippen LogP contribution in [0.1, 0.15) is 86.0 Å². The zero-order valence-electron chi connectivity index (χ0n) is 19.8. The topological polar surface area (TPSA) is 9.23 Å². The van der Waals surface area contributed by atoms with Gasteiger partial charge in [0.25, 0.3) is 0 Å². The Bertz CT molecular complexity index is 559. The van der Waals surface area contributed by atoms with E-state index in [0.717, 1.165) is 17.8 Å². The van der Waals surface area contributed by atoms with E-state index in [1.165, 1.54) is 37.7 Å². The van der Waals surface area contributed by atoms with Gasteiger partial charge >= 0.3 is 0 Å². The summed E-state index contributed by atoms with van der Waals surface area (Å²) in [5, 5.41) is 0.242. The second-order valence-electron chi connectivity index (χ2n) is 12.3. The van der Waals surface area contributed by atoms with Crippen molar-refractivity contribution in [1.29, 1.82) is 0 Å². The number of rotatable bonds is 8. The molecule has 0 aromatic heterocycles. The van der Waals surface area contributed by atoms with Crippen molar-refractivity contribution in [1.82, 2.24) is 0 Å². The first-order valence-corrected chi connectivity index (χ1v) is 14.8. The van der Waals surface area contributed by atoms with Gasteiger partial charge in [0.1, 0.15) is 0 Å². The van der Waals surface area contributed by atoms with Gasteiger partial charge in [0.15, 0.2) is 8.32 Å². The molecule has 0 aromatic carbocycles. The van der Waals surface area contributed by atoms with Crippen molar-refractivity contribution in [2.45, 2.75) is 110 Å². The van der Waals surface area contributed by atoms with Crippen LogP contribution in [-0.4, -0.2) is 14.4 Å². The summed E-state index contributed by atoms with van der Waals surface area (Å²) >= 11 is 0. The van der Waals surface area contributed by atoms with Gasteiger partial charge in [-0.1, -0.05) is 39.8 Å². The molecule has 2 atom stereocenters. The highest BCUT2D eigenvalue weighted by Gasteiger charge is 2.50. The maximum atomic E-state index is 6.86. The van der Waals surface area contributed by atoms with Gasteiger partial charge in [0, 0.05) is 5.92 Å². The van der Waals surface area contributed by atoms with Gasteiger partial charge in [0.05, 0.1) is 6.10 Å². The first kappa shape index (κ1) is 22.3. The fraction of sp³-hybridized carbons (Fsp3) is 0.846. The van der Waals surface area contributed by atoms with Crippen LogP contribution in [0.3, 0.4) is 0 Å². The first-order chi connectivity index (χ1) is 12.9. The molecule has 4 saturated carbocycles. The van der Waals surface area contributed by atoms with E-state index in [1.54, 1.807) is 19.3 Å². The SMILES string of the molecule is C=C[C@@H](C)[C@@H](O[Si](C)(C)C(C)(C)C)/C(C)=C/CCC12CC3CC(CC(C3)C1)C2. The lowest BCUT2D eigenvalue weighted by Gasteiger charge is -2.57. The Hall–Kier alpha value is -0.343. The van der Waals surface area contributed by atoms with Crippen molar-refractivity contribution in [2.24, 2.45) is 29.1 Å². The Kier molecular flexibility index (Phi) is 6.43. The Morgan fingerprint density at radius 3 is 2.04 bits per heavy atom. The maximum Gasteiger partial charge on any atom is 0.192 e. The molecule has 1 nitrogen and oxygen atoms in total. The van der Waals surface area contributed by atoms with Crippen molar-refractivity contribution in [3.63, 3.8) is 0 Å².